The second-order valence-electron chi connectivity index (χ2n) is 2.51. The number of nitrogens with one attached hydrogen (secondary N) is 1. The number of rotatable bonds is 1. The summed E-state index contributed by atoms with van der Waals surface area (Å²) < 4.78 is 0. The SMILES string of the molecule is Nc1n[nH]c(-c2cnccc2N)n1. The van der Waals surface area contributed by atoms with Gasteiger partial charge in [-0.1, -0.05) is 0 Å². The number of nitrogen functional groups attached to an aromatic ring is 2. The van der Waals surface area contributed by atoms with Crippen LogP contribution in [0.15, 0.2) is 18.5 Å². The average molecular weight is 176 g/mol. The van der Waals surface area contributed by atoms with E-state index in [1.165, 1.54) is 0 Å². The number of hydrogen-bond donors (Lipinski definition) is 3. The molecule has 0 saturated heterocycles. The first kappa shape index (κ1) is 7.53. The van der Waals surface area contributed by atoms with Crippen molar-refractivity contribution in [3.8, 4) is 11.4 Å². The summed E-state index contributed by atoms with van der Waals surface area (Å²) in [5, 5.41) is 6.35. The molecule has 0 aliphatic carbocycles. The molecule has 0 fully saturated rings. The van der Waals surface area contributed by atoms with Crippen LogP contribution in [0.3, 0.4) is 0 Å². The van der Waals surface area contributed by atoms with Gasteiger partial charge in [0.2, 0.25) is 5.95 Å². The van der Waals surface area contributed by atoms with E-state index in [2.05, 4.69) is 20.2 Å². The zero-order valence-corrected chi connectivity index (χ0v) is 6.73. The summed E-state index contributed by atoms with van der Waals surface area (Å²) in [6.45, 7) is 0. The molecule has 2 rings (SSSR count). The van der Waals surface area contributed by atoms with Gasteiger partial charge in [0.05, 0.1) is 5.56 Å². The third-order valence-corrected chi connectivity index (χ3v) is 1.61. The summed E-state index contributed by atoms with van der Waals surface area (Å²) in [6, 6.07) is 1.69. The van der Waals surface area contributed by atoms with Gasteiger partial charge < -0.3 is 11.5 Å². The highest BCUT2D eigenvalue weighted by atomic mass is 15.3. The second kappa shape index (κ2) is 2.74. The number of H-pyrrole nitrogens is 1. The molecule has 0 aromatic carbocycles. The molecule has 0 bridgehead atoms. The molecule has 2 aromatic rings. The molecule has 66 valence electrons. The van der Waals surface area contributed by atoms with Gasteiger partial charge in [-0.15, -0.1) is 5.10 Å². The molecule has 0 saturated carbocycles. The van der Waals surface area contributed by atoms with Gasteiger partial charge in [-0.3, -0.25) is 10.1 Å². The molecule has 5 N–H and O–H groups in total. The minimum Gasteiger partial charge on any atom is -0.398 e. The number of hydrogen-bond acceptors (Lipinski definition) is 5. The first-order valence-electron chi connectivity index (χ1n) is 3.65. The fourth-order valence-electron chi connectivity index (χ4n) is 0.998. The van der Waals surface area contributed by atoms with Crippen molar-refractivity contribution in [3.05, 3.63) is 18.5 Å². The van der Waals surface area contributed by atoms with E-state index >= 15 is 0 Å². The van der Waals surface area contributed by atoms with Gasteiger partial charge in [0.1, 0.15) is 0 Å². The predicted octanol–water partition coefficient (Wildman–Crippen LogP) is 0.0311. The first-order chi connectivity index (χ1) is 6.27. The number of pyridine rings is 1. The molecule has 6 heteroatoms. The van der Waals surface area contributed by atoms with Gasteiger partial charge >= 0.3 is 0 Å². The third kappa shape index (κ3) is 1.28. The summed E-state index contributed by atoms with van der Waals surface area (Å²) >= 11 is 0. The molecular formula is C7H8N6. The highest BCUT2D eigenvalue weighted by Crippen LogP contribution is 2.20. The maximum atomic E-state index is 5.69. The maximum absolute atomic E-state index is 5.69. The van der Waals surface area contributed by atoms with E-state index in [-0.39, 0.29) is 5.95 Å². The molecule has 0 spiro atoms. The van der Waals surface area contributed by atoms with Crippen molar-refractivity contribution >= 4 is 11.6 Å². The van der Waals surface area contributed by atoms with E-state index in [1.807, 2.05) is 0 Å². The van der Waals surface area contributed by atoms with Crippen LogP contribution in [0.5, 0.6) is 0 Å². The monoisotopic (exact) mass is 176 g/mol. The fourth-order valence-corrected chi connectivity index (χ4v) is 0.998. The lowest BCUT2D eigenvalue weighted by atomic mass is 10.2. The summed E-state index contributed by atoms with van der Waals surface area (Å²) in [5.41, 5.74) is 12.3. The van der Waals surface area contributed by atoms with Gasteiger partial charge in [-0.05, 0) is 6.07 Å². The lowest BCUT2D eigenvalue weighted by Gasteiger charge is -1.98. The molecule has 13 heavy (non-hydrogen) atoms. The molecule has 0 amide bonds. The minimum absolute atomic E-state index is 0.193. The van der Waals surface area contributed by atoms with Crippen LogP contribution in [0.25, 0.3) is 11.4 Å². The van der Waals surface area contributed by atoms with Crippen molar-refractivity contribution in [2.45, 2.75) is 0 Å². The molecule has 0 unspecified atom stereocenters. The highest BCUT2D eigenvalue weighted by Gasteiger charge is 2.06. The van der Waals surface area contributed by atoms with Crippen molar-refractivity contribution in [2.75, 3.05) is 11.5 Å². The van der Waals surface area contributed by atoms with E-state index in [0.717, 1.165) is 0 Å². The van der Waals surface area contributed by atoms with Gasteiger partial charge in [-0.2, -0.15) is 4.98 Å². The van der Waals surface area contributed by atoms with E-state index in [9.17, 15) is 0 Å². The number of nitrogens with two attached hydrogens (primary N) is 2. The predicted molar refractivity (Wildman–Crippen MR) is 48.4 cm³/mol. The van der Waals surface area contributed by atoms with Crippen molar-refractivity contribution < 1.29 is 0 Å². The van der Waals surface area contributed by atoms with Crippen LogP contribution < -0.4 is 11.5 Å². The standard InChI is InChI=1S/C7H8N6/c8-5-1-2-10-3-4(5)6-11-7(9)13-12-6/h1-3H,(H2,8,10)(H3,9,11,12,13). The summed E-state index contributed by atoms with van der Waals surface area (Å²) in [6.07, 6.45) is 3.22. The fraction of sp³-hybridized carbons (Fsp3) is 0. The molecule has 0 aliphatic heterocycles. The average Bonchev–Trinajstić information content (AvgIpc) is 2.53. The van der Waals surface area contributed by atoms with E-state index in [1.54, 1.807) is 18.5 Å². The van der Waals surface area contributed by atoms with Crippen molar-refractivity contribution in [2.24, 2.45) is 0 Å². The van der Waals surface area contributed by atoms with Crippen LogP contribution in [0, 0.1) is 0 Å². The maximum Gasteiger partial charge on any atom is 0.239 e. The largest absolute Gasteiger partial charge is 0.398 e. The van der Waals surface area contributed by atoms with Crippen molar-refractivity contribution in [1.29, 1.82) is 0 Å². The van der Waals surface area contributed by atoms with Crippen LogP contribution >= 0.6 is 0 Å². The number of nitrogens with zero attached hydrogens (tertiary/aromatic N) is 3. The Kier molecular flexibility index (Phi) is 1.59. The second-order valence-corrected chi connectivity index (χ2v) is 2.51. The summed E-state index contributed by atoms with van der Waals surface area (Å²) in [5.74, 6) is 0.723. The molecule has 0 aliphatic rings. The smallest absolute Gasteiger partial charge is 0.239 e. The van der Waals surface area contributed by atoms with Crippen LogP contribution in [-0.2, 0) is 0 Å². The number of aromatic nitrogens is 4. The number of aromatic amines is 1. The zero-order valence-electron chi connectivity index (χ0n) is 6.73. The topological polar surface area (TPSA) is 106 Å². The zero-order chi connectivity index (χ0) is 9.26. The normalized spacial score (nSPS) is 10.2. The lowest BCUT2D eigenvalue weighted by Crippen LogP contribution is -1.92. The van der Waals surface area contributed by atoms with Crippen LogP contribution in [0.1, 0.15) is 0 Å². The Bertz CT molecular complexity index is 420. The summed E-state index contributed by atoms with van der Waals surface area (Å²) in [7, 11) is 0. The van der Waals surface area contributed by atoms with E-state index in [4.69, 9.17) is 11.5 Å². The quantitative estimate of drug-likeness (QED) is 0.568. The first-order valence-corrected chi connectivity index (χ1v) is 3.65. The molecule has 0 radical (unpaired) electrons. The number of anilines is 2. The highest BCUT2D eigenvalue weighted by molar-refractivity contribution is 5.70. The van der Waals surface area contributed by atoms with Gasteiger partial charge in [0, 0.05) is 18.1 Å². The van der Waals surface area contributed by atoms with Gasteiger partial charge in [0.15, 0.2) is 5.82 Å². The van der Waals surface area contributed by atoms with Crippen LogP contribution in [-0.4, -0.2) is 20.2 Å². The third-order valence-electron chi connectivity index (χ3n) is 1.61. The Balaban J connectivity index is 2.52. The van der Waals surface area contributed by atoms with Crippen molar-refractivity contribution in [3.63, 3.8) is 0 Å². The summed E-state index contributed by atoms with van der Waals surface area (Å²) in [4.78, 5) is 7.86. The molecular weight excluding hydrogens is 168 g/mol. The minimum atomic E-state index is 0.193. The Morgan fingerprint density at radius 2 is 2.15 bits per heavy atom. The lowest BCUT2D eigenvalue weighted by molar-refractivity contribution is 1.10. The Labute approximate surface area is 74.0 Å². The van der Waals surface area contributed by atoms with Crippen LogP contribution in [0.4, 0.5) is 11.6 Å². The van der Waals surface area contributed by atoms with Crippen LogP contribution in [0.2, 0.25) is 0 Å². The Morgan fingerprint density at radius 3 is 2.77 bits per heavy atom. The van der Waals surface area contributed by atoms with E-state index in [0.29, 0.717) is 17.1 Å². The molecule has 2 aromatic heterocycles. The van der Waals surface area contributed by atoms with Crippen molar-refractivity contribution in [1.82, 2.24) is 20.2 Å². The van der Waals surface area contributed by atoms with Gasteiger partial charge in [-0.25, -0.2) is 0 Å². The Hall–Kier alpha value is -2.11. The van der Waals surface area contributed by atoms with Gasteiger partial charge in [0.25, 0.3) is 0 Å². The van der Waals surface area contributed by atoms with E-state index < -0.39 is 0 Å². The molecule has 6 nitrogen and oxygen atoms in total. The molecule has 2 heterocycles. The Morgan fingerprint density at radius 1 is 1.31 bits per heavy atom. The molecule has 0 atom stereocenters.